The van der Waals surface area contributed by atoms with Crippen LogP contribution in [0.2, 0.25) is 0 Å². The molecule has 1 heterocycles. The van der Waals surface area contributed by atoms with Crippen molar-refractivity contribution in [2.75, 3.05) is 13.6 Å². The Bertz CT molecular complexity index is 519. The number of amides is 1. The number of nitrogens with one attached hydrogen (secondary N) is 1. The number of benzene rings is 1. The van der Waals surface area contributed by atoms with E-state index in [4.69, 9.17) is 0 Å². The van der Waals surface area contributed by atoms with E-state index in [2.05, 4.69) is 10.1 Å². The van der Waals surface area contributed by atoms with Gasteiger partial charge in [0.2, 0.25) is 5.91 Å². The molecule has 0 spiro atoms. The highest BCUT2D eigenvalue weighted by Crippen LogP contribution is 2.23. The first-order chi connectivity index (χ1) is 10.2. The van der Waals surface area contributed by atoms with Crippen LogP contribution in [0.3, 0.4) is 0 Å². The second kappa shape index (κ2) is 6.53. The van der Waals surface area contributed by atoms with Crippen molar-refractivity contribution in [3.05, 3.63) is 29.8 Å². The molecular weight excluding hydrogens is 301 g/mol. The minimum absolute atomic E-state index is 0.160. The highest BCUT2D eigenvalue weighted by atomic mass is 19.4. The van der Waals surface area contributed by atoms with Crippen LogP contribution in [-0.2, 0) is 11.3 Å². The third-order valence-electron chi connectivity index (χ3n) is 3.36. The maximum atomic E-state index is 12.1. The number of rotatable bonds is 4. The Morgan fingerprint density at radius 2 is 2.05 bits per heavy atom. The van der Waals surface area contributed by atoms with Crippen LogP contribution in [0.5, 0.6) is 5.75 Å². The molecule has 0 aromatic heterocycles. The average molecular weight is 318 g/mol. The lowest BCUT2D eigenvalue weighted by Gasteiger charge is -2.21. The number of carbonyl (C=O) groups is 1. The summed E-state index contributed by atoms with van der Waals surface area (Å²) < 4.78 is 40.0. The fraction of sp³-hybridized carbons (Fsp3) is 0.500. The molecule has 8 heteroatoms. The number of carbonyl (C=O) groups excluding carboxylic acids is 1. The quantitative estimate of drug-likeness (QED) is 0.878. The number of hydrogen-bond acceptors (Lipinski definition) is 4. The first-order valence-electron chi connectivity index (χ1n) is 6.76. The molecule has 1 amide bonds. The zero-order valence-electron chi connectivity index (χ0n) is 11.9. The van der Waals surface area contributed by atoms with Crippen molar-refractivity contribution in [3.63, 3.8) is 0 Å². The van der Waals surface area contributed by atoms with Gasteiger partial charge in [-0.25, -0.2) is 0 Å². The van der Waals surface area contributed by atoms with E-state index in [1.807, 2.05) is 0 Å². The molecule has 1 aromatic carbocycles. The summed E-state index contributed by atoms with van der Waals surface area (Å²) in [5.74, 6) is -0.460. The second-order valence-corrected chi connectivity index (χ2v) is 5.24. The molecule has 0 radical (unpaired) electrons. The largest absolute Gasteiger partial charge is 0.573 e. The zero-order valence-corrected chi connectivity index (χ0v) is 11.9. The number of β-amino-alcohol motifs (C(OH)–C–C–N with tert-alkyl or cyclic N) is 1. The Labute approximate surface area is 125 Å². The molecule has 1 aromatic rings. The summed E-state index contributed by atoms with van der Waals surface area (Å²) in [6, 6.07) is 4.94. The molecule has 2 atom stereocenters. The van der Waals surface area contributed by atoms with E-state index in [-0.39, 0.29) is 18.2 Å². The van der Waals surface area contributed by atoms with Crippen molar-refractivity contribution in [3.8, 4) is 5.75 Å². The van der Waals surface area contributed by atoms with Crippen LogP contribution in [0.25, 0.3) is 0 Å². The molecule has 0 aliphatic carbocycles. The van der Waals surface area contributed by atoms with Crippen molar-refractivity contribution < 1.29 is 27.8 Å². The van der Waals surface area contributed by atoms with Crippen LogP contribution in [0.15, 0.2) is 24.3 Å². The molecule has 1 saturated heterocycles. The van der Waals surface area contributed by atoms with Gasteiger partial charge in [0.25, 0.3) is 0 Å². The third kappa shape index (κ3) is 4.60. The Morgan fingerprint density at radius 3 is 2.55 bits per heavy atom. The fourth-order valence-corrected chi connectivity index (χ4v) is 2.32. The predicted octanol–water partition coefficient (Wildman–Crippen LogP) is 1.27. The van der Waals surface area contributed by atoms with Crippen LogP contribution in [0, 0.1) is 0 Å². The molecule has 2 N–H and O–H groups in total. The maximum Gasteiger partial charge on any atom is 0.573 e. The van der Waals surface area contributed by atoms with Crippen LogP contribution in [-0.4, -0.2) is 48.0 Å². The van der Waals surface area contributed by atoms with E-state index < -0.39 is 18.5 Å². The Morgan fingerprint density at radius 1 is 1.41 bits per heavy atom. The van der Waals surface area contributed by atoms with Crippen molar-refractivity contribution in [1.82, 2.24) is 10.2 Å². The number of alkyl halides is 3. The highest BCUT2D eigenvalue weighted by molar-refractivity contribution is 5.82. The van der Waals surface area contributed by atoms with Crippen LogP contribution in [0.1, 0.15) is 12.0 Å². The second-order valence-electron chi connectivity index (χ2n) is 5.24. The van der Waals surface area contributed by atoms with E-state index in [1.165, 1.54) is 29.2 Å². The summed E-state index contributed by atoms with van der Waals surface area (Å²) in [6.07, 6.45) is -4.88. The van der Waals surface area contributed by atoms with E-state index in [9.17, 15) is 23.1 Å². The first-order valence-corrected chi connectivity index (χ1v) is 6.76. The number of aliphatic hydroxyl groups excluding tert-OH is 1. The SMILES string of the molecule is CN(Cc1ccc(OC(F)(F)F)cc1)C(=O)[C@H]1C[C@@H](O)CN1. The van der Waals surface area contributed by atoms with Gasteiger partial charge in [0.1, 0.15) is 5.75 Å². The van der Waals surface area contributed by atoms with Gasteiger partial charge < -0.3 is 20.1 Å². The Hall–Kier alpha value is -1.80. The number of nitrogens with zero attached hydrogens (tertiary/aromatic N) is 1. The van der Waals surface area contributed by atoms with Gasteiger partial charge in [0, 0.05) is 20.1 Å². The maximum absolute atomic E-state index is 12.1. The van der Waals surface area contributed by atoms with Crippen LogP contribution >= 0.6 is 0 Å². The molecule has 1 aliphatic rings. The van der Waals surface area contributed by atoms with Gasteiger partial charge in [-0.15, -0.1) is 13.2 Å². The van der Waals surface area contributed by atoms with Crippen molar-refractivity contribution >= 4 is 5.91 Å². The first kappa shape index (κ1) is 16.6. The summed E-state index contributed by atoms with van der Waals surface area (Å²) >= 11 is 0. The minimum atomic E-state index is -4.72. The van der Waals surface area contributed by atoms with Crippen molar-refractivity contribution in [2.24, 2.45) is 0 Å². The van der Waals surface area contributed by atoms with Crippen LogP contribution < -0.4 is 10.1 Å². The molecule has 2 rings (SSSR count). The van der Waals surface area contributed by atoms with Gasteiger partial charge in [-0.2, -0.15) is 0 Å². The van der Waals surface area contributed by atoms with Gasteiger partial charge in [0.15, 0.2) is 0 Å². The van der Waals surface area contributed by atoms with E-state index in [1.54, 1.807) is 7.05 Å². The number of hydrogen-bond donors (Lipinski definition) is 2. The zero-order chi connectivity index (χ0) is 16.3. The molecule has 0 unspecified atom stereocenters. The lowest BCUT2D eigenvalue weighted by atomic mass is 10.1. The smallest absolute Gasteiger partial charge is 0.406 e. The van der Waals surface area contributed by atoms with Crippen molar-refractivity contribution in [1.29, 1.82) is 0 Å². The standard InChI is InChI=1S/C14H17F3N2O3/c1-19(13(21)12-6-10(20)7-18-12)8-9-2-4-11(5-3-9)22-14(15,16)17/h2-5,10,12,18,20H,6-8H2,1H3/t10-,12-/m1/s1. The summed E-state index contributed by atoms with van der Waals surface area (Å²) in [4.78, 5) is 13.6. The van der Waals surface area contributed by atoms with Gasteiger partial charge in [-0.1, -0.05) is 12.1 Å². The number of ether oxygens (including phenoxy) is 1. The van der Waals surface area contributed by atoms with Gasteiger partial charge in [-0.3, -0.25) is 4.79 Å². The molecule has 0 bridgehead atoms. The normalized spacial score (nSPS) is 21.7. The van der Waals surface area contributed by atoms with Crippen LogP contribution in [0.4, 0.5) is 13.2 Å². The summed E-state index contributed by atoms with van der Waals surface area (Å²) in [6.45, 7) is 0.646. The predicted molar refractivity (Wildman–Crippen MR) is 72.0 cm³/mol. The molecule has 1 aliphatic heterocycles. The summed E-state index contributed by atoms with van der Waals surface area (Å²) in [5.41, 5.74) is 0.684. The molecule has 122 valence electrons. The number of halogens is 3. The van der Waals surface area contributed by atoms with E-state index in [0.29, 0.717) is 18.5 Å². The highest BCUT2D eigenvalue weighted by Gasteiger charge is 2.31. The molecule has 22 heavy (non-hydrogen) atoms. The number of likely N-dealkylation sites (N-methyl/N-ethyl adjacent to an activating group) is 1. The summed E-state index contributed by atoms with van der Waals surface area (Å²) in [5, 5.41) is 12.3. The average Bonchev–Trinajstić information content (AvgIpc) is 2.85. The van der Waals surface area contributed by atoms with E-state index >= 15 is 0 Å². The molecule has 0 saturated carbocycles. The topological polar surface area (TPSA) is 61.8 Å². The van der Waals surface area contributed by atoms with Crippen molar-refractivity contribution in [2.45, 2.75) is 31.5 Å². The molecule has 5 nitrogen and oxygen atoms in total. The number of aliphatic hydroxyl groups is 1. The lowest BCUT2D eigenvalue weighted by Crippen LogP contribution is -2.41. The minimum Gasteiger partial charge on any atom is -0.406 e. The van der Waals surface area contributed by atoms with Gasteiger partial charge in [-0.05, 0) is 24.1 Å². The van der Waals surface area contributed by atoms with Gasteiger partial charge >= 0.3 is 6.36 Å². The van der Waals surface area contributed by atoms with Gasteiger partial charge in [0.05, 0.1) is 12.1 Å². The monoisotopic (exact) mass is 318 g/mol. The third-order valence-corrected chi connectivity index (χ3v) is 3.36. The Kier molecular flexibility index (Phi) is 4.92. The van der Waals surface area contributed by atoms with E-state index in [0.717, 1.165) is 0 Å². The fourth-order valence-electron chi connectivity index (χ4n) is 2.32. The molecule has 1 fully saturated rings. The molecular formula is C14H17F3N2O3. The lowest BCUT2D eigenvalue weighted by molar-refractivity contribution is -0.274. The Balaban J connectivity index is 1.91. The summed E-state index contributed by atoms with van der Waals surface area (Å²) in [7, 11) is 1.61.